The normalized spacial score (nSPS) is 12.2. The quantitative estimate of drug-likeness (QED) is 0.490. The molecule has 1 aromatic carbocycles. The average molecular weight is 335 g/mol. The van der Waals surface area contributed by atoms with Crippen molar-refractivity contribution in [3.05, 3.63) is 47.9 Å². The summed E-state index contributed by atoms with van der Waals surface area (Å²) in [6, 6.07) is 7.43. The lowest BCUT2D eigenvalue weighted by atomic mass is 10.1. The van der Waals surface area contributed by atoms with Crippen LogP contribution in [-0.4, -0.2) is 18.9 Å². The van der Waals surface area contributed by atoms with Gasteiger partial charge < -0.3 is 4.18 Å². The summed E-state index contributed by atoms with van der Waals surface area (Å²) < 4.78 is 76.7. The predicted octanol–water partition coefficient (Wildman–Crippen LogP) is 3.42. The maximum atomic E-state index is 13.2. The highest BCUT2D eigenvalue weighted by molar-refractivity contribution is 7.88. The number of rotatable bonds is 3. The molecule has 0 saturated heterocycles. The highest BCUT2D eigenvalue weighted by Crippen LogP contribution is 2.33. The maximum Gasteiger partial charge on any atom is 0.534 e. The zero-order valence-corrected chi connectivity index (χ0v) is 11.9. The van der Waals surface area contributed by atoms with Crippen molar-refractivity contribution in [2.45, 2.75) is 12.4 Å². The summed E-state index contributed by atoms with van der Waals surface area (Å²) in [5.74, 6) is -1.14. The van der Waals surface area contributed by atoms with Crippen LogP contribution in [0.2, 0.25) is 0 Å². The van der Waals surface area contributed by atoms with E-state index in [4.69, 9.17) is 0 Å². The number of benzene rings is 1. The molecular formula is C13H9F4NO3S. The van der Waals surface area contributed by atoms with Crippen LogP contribution in [0.3, 0.4) is 0 Å². The van der Waals surface area contributed by atoms with E-state index in [1.54, 1.807) is 0 Å². The third-order valence-electron chi connectivity index (χ3n) is 2.67. The van der Waals surface area contributed by atoms with Crippen LogP contribution in [0.4, 0.5) is 17.6 Å². The van der Waals surface area contributed by atoms with E-state index in [2.05, 4.69) is 9.17 Å². The van der Waals surface area contributed by atoms with E-state index in [1.165, 1.54) is 31.2 Å². The van der Waals surface area contributed by atoms with Gasteiger partial charge in [-0.3, -0.25) is 0 Å². The van der Waals surface area contributed by atoms with E-state index >= 15 is 0 Å². The summed E-state index contributed by atoms with van der Waals surface area (Å²) in [5.41, 5.74) is -5.44. The number of aryl methyl sites for hydroxylation is 1. The zero-order chi connectivity index (χ0) is 16.5. The van der Waals surface area contributed by atoms with Crippen molar-refractivity contribution in [2.24, 2.45) is 0 Å². The lowest BCUT2D eigenvalue weighted by Gasteiger charge is -2.13. The SMILES string of the molecule is Cc1nc(-c2ccccc2OS(=O)(=O)C(F)(F)F)ccc1F. The molecule has 0 fully saturated rings. The van der Waals surface area contributed by atoms with Gasteiger partial charge in [0.25, 0.3) is 0 Å². The van der Waals surface area contributed by atoms with Gasteiger partial charge in [0.2, 0.25) is 0 Å². The van der Waals surface area contributed by atoms with Crippen LogP contribution in [0, 0.1) is 12.7 Å². The van der Waals surface area contributed by atoms with Crippen molar-refractivity contribution >= 4 is 10.1 Å². The minimum atomic E-state index is -5.80. The summed E-state index contributed by atoms with van der Waals surface area (Å²) in [4.78, 5) is 3.86. The van der Waals surface area contributed by atoms with Crippen LogP contribution in [0.15, 0.2) is 36.4 Å². The zero-order valence-electron chi connectivity index (χ0n) is 11.1. The van der Waals surface area contributed by atoms with E-state index in [-0.39, 0.29) is 17.0 Å². The molecule has 9 heteroatoms. The Labute approximate surface area is 123 Å². The van der Waals surface area contributed by atoms with Crippen molar-refractivity contribution in [1.82, 2.24) is 4.98 Å². The molecule has 0 aliphatic carbocycles. The first kappa shape index (κ1) is 16.2. The van der Waals surface area contributed by atoms with Gasteiger partial charge in [0.05, 0.1) is 11.4 Å². The molecule has 2 rings (SSSR count). The molecule has 1 heterocycles. The molecule has 0 saturated carbocycles. The van der Waals surface area contributed by atoms with Crippen LogP contribution >= 0.6 is 0 Å². The Balaban J connectivity index is 2.50. The molecular weight excluding hydrogens is 326 g/mol. The van der Waals surface area contributed by atoms with Gasteiger partial charge in [-0.2, -0.15) is 21.6 Å². The van der Waals surface area contributed by atoms with Crippen molar-refractivity contribution in [3.8, 4) is 17.0 Å². The standard InChI is InChI=1S/C13H9F4NO3S/c1-8-10(14)6-7-11(18-8)9-4-2-3-5-12(9)21-22(19,20)13(15,16)17/h2-7H,1H3. The fourth-order valence-electron chi connectivity index (χ4n) is 1.61. The molecule has 0 aliphatic rings. The van der Waals surface area contributed by atoms with Gasteiger partial charge in [-0.15, -0.1) is 0 Å². The van der Waals surface area contributed by atoms with Gasteiger partial charge in [-0.1, -0.05) is 12.1 Å². The molecule has 0 radical (unpaired) electrons. The Morgan fingerprint density at radius 3 is 2.32 bits per heavy atom. The predicted molar refractivity (Wildman–Crippen MR) is 70.0 cm³/mol. The summed E-state index contributed by atoms with van der Waals surface area (Å²) in [5, 5.41) is 0. The molecule has 0 amide bonds. The number of pyridine rings is 1. The summed E-state index contributed by atoms with van der Waals surface area (Å²) in [7, 11) is -5.80. The minimum absolute atomic E-state index is 0.00146. The molecule has 0 spiro atoms. The van der Waals surface area contributed by atoms with Crippen molar-refractivity contribution in [3.63, 3.8) is 0 Å². The monoisotopic (exact) mass is 335 g/mol. The number of nitrogens with zero attached hydrogens (tertiary/aromatic N) is 1. The van der Waals surface area contributed by atoms with Crippen LogP contribution < -0.4 is 4.18 Å². The smallest absolute Gasteiger partial charge is 0.375 e. The fraction of sp³-hybridized carbons (Fsp3) is 0.154. The molecule has 0 unspecified atom stereocenters. The Hall–Kier alpha value is -2.16. The highest BCUT2D eigenvalue weighted by atomic mass is 32.2. The first-order chi connectivity index (χ1) is 10.1. The van der Waals surface area contributed by atoms with E-state index in [0.29, 0.717) is 0 Å². The minimum Gasteiger partial charge on any atom is -0.375 e. The summed E-state index contributed by atoms with van der Waals surface area (Å²) >= 11 is 0. The molecule has 1 aromatic heterocycles. The van der Waals surface area contributed by atoms with Crippen LogP contribution in [-0.2, 0) is 10.1 Å². The number of hydrogen-bond acceptors (Lipinski definition) is 4. The number of para-hydroxylation sites is 1. The van der Waals surface area contributed by atoms with Crippen molar-refractivity contribution in [2.75, 3.05) is 0 Å². The highest BCUT2D eigenvalue weighted by Gasteiger charge is 2.48. The number of alkyl halides is 3. The second-order valence-electron chi connectivity index (χ2n) is 4.24. The lowest BCUT2D eigenvalue weighted by molar-refractivity contribution is -0.0499. The third-order valence-corrected chi connectivity index (χ3v) is 3.63. The van der Waals surface area contributed by atoms with Crippen LogP contribution in [0.1, 0.15) is 5.69 Å². The Morgan fingerprint density at radius 1 is 1.09 bits per heavy atom. The molecule has 22 heavy (non-hydrogen) atoms. The largest absolute Gasteiger partial charge is 0.534 e. The first-order valence-electron chi connectivity index (χ1n) is 5.85. The Bertz CT molecular complexity index is 803. The maximum absolute atomic E-state index is 13.2. The van der Waals surface area contributed by atoms with Crippen LogP contribution in [0.5, 0.6) is 5.75 Å². The lowest BCUT2D eigenvalue weighted by Crippen LogP contribution is -2.28. The topological polar surface area (TPSA) is 56.3 Å². The van der Waals surface area contributed by atoms with E-state index < -0.39 is 27.2 Å². The Kier molecular flexibility index (Phi) is 4.10. The van der Waals surface area contributed by atoms with Gasteiger partial charge in [0.1, 0.15) is 5.82 Å². The second kappa shape index (κ2) is 5.56. The molecule has 0 N–H and O–H groups in total. The van der Waals surface area contributed by atoms with Gasteiger partial charge in [-0.05, 0) is 31.2 Å². The van der Waals surface area contributed by atoms with E-state index in [0.717, 1.165) is 12.1 Å². The molecule has 0 aliphatic heterocycles. The van der Waals surface area contributed by atoms with Gasteiger partial charge in [0.15, 0.2) is 5.75 Å². The molecule has 4 nitrogen and oxygen atoms in total. The summed E-state index contributed by atoms with van der Waals surface area (Å²) in [6.07, 6.45) is 0. The van der Waals surface area contributed by atoms with Crippen LogP contribution in [0.25, 0.3) is 11.3 Å². The fourth-order valence-corrected chi connectivity index (χ4v) is 2.09. The number of aromatic nitrogens is 1. The molecule has 2 aromatic rings. The van der Waals surface area contributed by atoms with E-state index in [9.17, 15) is 26.0 Å². The van der Waals surface area contributed by atoms with E-state index in [1.807, 2.05) is 0 Å². The molecule has 0 bridgehead atoms. The summed E-state index contributed by atoms with van der Waals surface area (Å²) in [6.45, 7) is 1.37. The Morgan fingerprint density at radius 2 is 1.73 bits per heavy atom. The van der Waals surface area contributed by atoms with Gasteiger partial charge in [-0.25, -0.2) is 9.37 Å². The first-order valence-corrected chi connectivity index (χ1v) is 7.26. The van der Waals surface area contributed by atoms with Gasteiger partial charge >= 0.3 is 15.6 Å². The number of hydrogen-bond donors (Lipinski definition) is 0. The molecule has 118 valence electrons. The number of halogens is 4. The third kappa shape index (κ3) is 3.19. The van der Waals surface area contributed by atoms with Crippen molar-refractivity contribution < 1.29 is 30.2 Å². The molecule has 0 atom stereocenters. The average Bonchev–Trinajstić information content (AvgIpc) is 2.41. The second-order valence-corrected chi connectivity index (χ2v) is 5.78. The van der Waals surface area contributed by atoms with Crippen molar-refractivity contribution in [1.29, 1.82) is 0 Å². The van der Waals surface area contributed by atoms with Gasteiger partial charge in [0, 0.05) is 5.56 Å².